The number of esters is 2. The standard InChI is InChI=1S/C26H50O8/c1-19(2)29-13-15-31-21(27)25(9,10)33-18-23(5,6)17-24(7,8)34-26(11,12)22(28)32-16-14-30-20(3)4/h19-20H,13-18H2,1-12H3. The fraction of sp³-hybridized carbons (Fsp3) is 0.923. The van der Waals surface area contributed by atoms with Crippen LogP contribution < -0.4 is 0 Å². The second-order valence-electron chi connectivity index (χ2n) is 11.6. The first-order valence-electron chi connectivity index (χ1n) is 12.2. The van der Waals surface area contributed by atoms with Gasteiger partial charge >= 0.3 is 11.9 Å². The molecular formula is C26H50O8. The van der Waals surface area contributed by atoms with Gasteiger partial charge in [0.25, 0.3) is 0 Å². The van der Waals surface area contributed by atoms with Gasteiger partial charge in [-0.3, -0.25) is 0 Å². The molecule has 0 aromatic rings. The molecule has 0 aliphatic heterocycles. The van der Waals surface area contributed by atoms with E-state index < -0.39 is 28.7 Å². The van der Waals surface area contributed by atoms with Crippen molar-refractivity contribution in [1.29, 1.82) is 0 Å². The summed E-state index contributed by atoms with van der Waals surface area (Å²) in [4.78, 5) is 25.0. The molecular weight excluding hydrogens is 440 g/mol. The summed E-state index contributed by atoms with van der Waals surface area (Å²) in [7, 11) is 0. The van der Waals surface area contributed by atoms with Crippen LogP contribution in [0.2, 0.25) is 0 Å². The first-order valence-corrected chi connectivity index (χ1v) is 12.2. The Bertz CT molecular complexity index is 620. The van der Waals surface area contributed by atoms with Crippen LogP contribution in [-0.2, 0) is 38.0 Å². The Kier molecular flexibility index (Phi) is 13.3. The lowest BCUT2D eigenvalue weighted by atomic mass is 9.82. The van der Waals surface area contributed by atoms with Crippen molar-refractivity contribution in [3.8, 4) is 0 Å². The van der Waals surface area contributed by atoms with E-state index in [1.165, 1.54) is 0 Å². The minimum Gasteiger partial charge on any atom is -0.461 e. The van der Waals surface area contributed by atoms with Gasteiger partial charge in [0.1, 0.15) is 13.2 Å². The van der Waals surface area contributed by atoms with E-state index in [2.05, 4.69) is 0 Å². The second kappa shape index (κ2) is 13.8. The van der Waals surface area contributed by atoms with Crippen molar-refractivity contribution in [2.45, 2.75) is 119 Å². The van der Waals surface area contributed by atoms with Crippen LogP contribution in [0.1, 0.15) is 89.5 Å². The van der Waals surface area contributed by atoms with Gasteiger partial charge in [-0.25, -0.2) is 9.59 Å². The summed E-state index contributed by atoms with van der Waals surface area (Å²) in [5.74, 6) is -0.871. The van der Waals surface area contributed by atoms with Crippen molar-refractivity contribution in [2.24, 2.45) is 5.41 Å². The van der Waals surface area contributed by atoms with Crippen molar-refractivity contribution in [3.63, 3.8) is 0 Å². The molecule has 0 unspecified atom stereocenters. The molecule has 0 aromatic carbocycles. The van der Waals surface area contributed by atoms with E-state index in [0.717, 1.165) is 0 Å². The SMILES string of the molecule is CC(C)OCCOC(=O)C(C)(C)OCC(C)(C)CC(C)(C)OC(C)(C)C(=O)OCCOC(C)C. The largest absolute Gasteiger partial charge is 0.461 e. The molecule has 34 heavy (non-hydrogen) atoms. The number of hydrogen-bond acceptors (Lipinski definition) is 8. The van der Waals surface area contributed by atoms with Gasteiger partial charge in [0, 0.05) is 0 Å². The molecule has 0 radical (unpaired) electrons. The first kappa shape index (κ1) is 32.8. The van der Waals surface area contributed by atoms with Crippen LogP contribution >= 0.6 is 0 Å². The lowest BCUT2D eigenvalue weighted by Crippen LogP contribution is -2.47. The molecule has 0 aliphatic rings. The highest BCUT2D eigenvalue weighted by Gasteiger charge is 2.41. The first-order chi connectivity index (χ1) is 15.3. The minimum absolute atomic E-state index is 0.0806. The van der Waals surface area contributed by atoms with Gasteiger partial charge in [0.15, 0.2) is 11.2 Å². The van der Waals surface area contributed by atoms with Crippen LogP contribution in [0.3, 0.4) is 0 Å². The van der Waals surface area contributed by atoms with Crippen molar-refractivity contribution in [1.82, 2.24) is 0 Å². The van der Waals surface area contributed by atoms with Crippen molar-refractivity contribution < 1.29 is 38.0 Å². The molecule has 0 bridgehead atoms. The van der Waals surface area contributed by atoms with Crippen LogP contribution in [-0.4, -0.2) is 74.0 Å². The van der Waals surface area contributed by atoms with E-state index >= 15 is 0 Å². The molecule has 0 fully saturated rings. The monoisotopic (exact) mass is 490 g/mol. The number of carbonyl (C=O) groups excluding carboxylic acids is 2. The normalized spacial score (nSPS) is 13.5. The zero-order valence-electron chi connectivity index (χ0n) is 23.7. The molecule has 0 rings (SSSR count). The zero-order valence-corrected chi connectivity index (χ0v) is 23.7. The quantitative estimate of drug-likeness (QED) is 0.214. The van der Waals surface area contributed by atoms with Crippen LogP contribution in [0.4, 0.5) is 0 Å². The highest BCUT2D eigenvalue weighted by Crippen LogP contribution is 2.35. The number of carbonyl (C=O) groups is 2. The molecule has 0 aromatic heterocycles. The van der Waals surface area contributed by atoms with Crippen molar-refractivity contribution >= 4 is 11.9 Å². The Morgan fingerprint density at radius 3 is 1.47 bits per heavy atom. The van der Waals surface area contributed by atoms with Gasteiger partial charge in [-0.2, -0.15) is 0 Å². The molecule has 0 saturated heterocycles. The summed E-state index contributed by atoms with van der Waals surface area (Å²) in [6, 6.07) is 0. The highest BCUT2D eigenvalue weighted by molar-refractivity contribution is 5.79. The minimum atomic E-state index is -1.13. The van der Waals surface area contributed by atoms with E-state index in [9.17, 15) is 9.59 Å². The Morgan fingerprint density at radius 2 is 1.06 bits per heavy atom. The summed E-state index contributed by atoms with van der Waals surface area (Å²) in [6.07, 6.45) is 0.748. The molecule has 8 heteroatoms. The Labute approximate surface area is 207 Å². The van der Waals surface area contributed by atoms with Crippen molar-refractivity contribution in [2.75, 3.05) is 33.0 Å². The Balaban J connectivity index is 4.76. The summed E-state index contributed by atoms with van der Waals surface area (Å²) < 4.78 is 33.6. The van der Waals surface area contributed by atoms with Gasteiger partial charge in [0.05, 0.1) is 37.6 Å². The molecule has 0 spiro atoms. The fourth-order valence-electron chi connectivity index (χ4n) is 3.59. The Hall–Kier alpha value is -1.22. The van der Waals surface area contributed by atoms with Gasteiger partial charge in [0.2, 0.25) is 0 Å². The number of ether oxygens (including phenoxy) is 6. The Morgan fingerprint density at radius 1 is 0.647 bits per heavy atom. The number of hydrogen-bond donors (Lipinski definition) is 0. The predicted molar refractivity (Wildman–Crippen MR) is 132 cm³/mol. The number of rotatable bonds is 17. The van der Waals surface area contributed by atoms with Gasteiger partial charge < -0.3 is 28.4 Å². The molecule has 0 heterocycles. The van der Waals surface area contributed by atoms with E-state index in [-0.39, 0.29) is 30.8 Å². The van der Waals surface area contributed by atoms with Gasteiger partial charge in [-0.05, 0) is 81.1 Å². The summed E-state index contributed by atoms with van der Waals surface area (Å²) in [5.41, 5.74) is -3.21. The third kappa shape index (κ3) is 14.2. The molecule has 8 nitrogen and oxygen atoms in total. The molecule has 0 aliphatic carbocycles. The third-order valence-corrected chi connectivity index (χ3v) is 4.78. The summed E-state index contributed by atoms with van der Waals surface area (Å²) in [6.45, 7) is 23.8. The molecule has 0 amide bonds. The lowest BCUT2D eigenvalue weighted by Gasteiger charge is -2.40. The van der Waals surface area contributed by atoms with Gasteiger partial charge in [-0.15, -0.1) is 0 Å². The van der Waals surface area contributed by atoms with Crippen LogP contribution in [0, 0.1) is 5.41 Å². The summed E-state index contributed by atoms with van der Waals surface area (Å²) in [5, 5.41) is 0. The molecule has 202 valence electrons. The van der Waals surface area contributed by atoms with Crippen LogP contribution in [0.25, 0.3) is 0 Å². The average Bonchev–Trinajstić information content (AvgIpc) is 2.64. The molecule has 0 saturated carbocycles. The second-order valence-corrected chi connectivity index (χ2v) is 11.6. The zero-order chi connectivity index (χ0) is 26.8. The van der Waals surface area contributed by atoms with Crippen LogP contribution in [0.5, 0.6) is 0 Å². The smallest absolute Gasteiger partial charge is 0.337 e. The highest BCUT2D eigenvalue weighted by atomic mass is 16.6. The van der Waals surface area contributed by atoms with E-state index in [1.807, 2.05) is 55.4 Å². The van der Waals surface area contributed by atoms with E-state index in [1.54, 1.807) is 27.7 Å². The van der Waals surface area contributed by atoms with Crippen LogP contribution in [0.15, 0.2) is 0 Å². The maximum absolute atomic E-state index is 12.5. The maximum atomic E-state index is 12.5. The van der Waals surface area contributed by atoms with Gasteiger partial charge in [-0.1, -0.05) is 13.8 Å². The average molecular weight is 491 g/mol. The molecule has 0 N–H and O–H groups in total. The lowest BCUT2D eigenvalue weighted by molar-refractivity contribution is -0.194. The maximum Gasteiger partial charge on any atom is 0.337 e. The third-order valence-electron chi connectivity index (χ3n) is 4.78. The van der Waals surface area contributed by atoms with Crippen molar-refractivity contribution in [3.05, 3.63) is 0 Å². The molecule has 0 atom stereocenters. The van der Waals surface area contributed by atoms with E-state index in [0.29, 0.717) is 26.2 Å². The van der Waals surface area contributed by atoms with E-state index in [4.69, 9.17) is 28.4 Å². The predicted octanol–water partition coefficient (Wildman–Crippen LogP) is 4.71. The fourth-order valence-corrected chi connectivity index (χ4v) is 3.59. The summed E-state index contributed by atoms with van der Waals surface area (Å²) >= 11 is 0. The topological polar surface area (TPSA) is 89.5 Å².